The first kappa shape index (κ1) is 11.8. The van der Waals surface area contributed by atoms with Crippen LogP contribution in [0.25, 0.3) is 5.78 Å². The largest absolute Gasteiger partial charge is 0.399 e. The Morgan fingerprint density at radius 2 is 2.26 bits per heavy atom. The molecule has 0 radical (unpaired) electrons. The Hall–Kier alpha value is -2.28. The van der Waals surface area contributed by atoms with Gasteiger partial charge in [-0.2, -0.15) is 4.52 Å². The van der Waals surface area contributed by atoms with Crippen LogP contribution in [0.5, 0.6) is 0 Å². The number of nitrogens with two attached hydrogens (primary N) is 1. The average molecular weight is 273 g/mol. The Labute approximate surface area is 112 Å². The number of rotatable bonds is 3. The molecule has 0 fully saturated rings. The van der Waals surface area contributed by atoms with Crippen molar-refractivity contribution >= 4 is 23.2 Å². The van der Waals surface area contributed by atoms with Crippen LogP contribution in [0, 0.1) is 0 Å². The molecule has 0 bridgehead atoms. The molecule has 7 heteroatoms. The lowest BCUT2D eigenvalue weighted by atomic mass is 10.3. The van der Waals surface area contributed by atoms with Gasteiger partial charge in [-0.25, -0.2) is 9.97 Å². The molecule has 2 heterocycles. The molecule has 0 saturated heterocycles. The first-order chi connectivity index (χ1) is 9.22. The number of hydrogen-bond acceptors (Lipinski definition) is 5. The SMILES string of the molecule is Nc1cccc(SCc2cc(=O)n3[nH]cnc3n2)c1. The summed E-state index contributed by atoms with van der Waals surface area (Å²) in [7, 11) is 0. The van der Waals surface area contributed by atoms with Gasteiger partial charge in [-0.05, 0) is 18.2 Å². The van der Waals surface area contributed by atoms with Crippen molar-refractivity contribution in [3.63, 3.8) is 0 Å². The molecule has 0 aliphatic heterocycles. The normalized spacial score (nSPS) is 10.9. The fraction of sp³-hybridized carbons (Fsp3) is 0.0833. The second-order valence-corrected chi connectivity index (χ2v) is 5.02. The highest BCUT2D eigenvalue weighted by Gasteiger charge is 2.04. The Bertz CT molecular complexity index is 779. The molecule has 0 aliphatic carbocycles. The zero-order valence-corrected chi connectivity index (χ0v) is 10.7. The van der Waals surface area contributed by atoms with Gasteiger partial charge in [0.15, 0.2) is 0 Å². The molecule has 0 amide bonds. The van der Waals surface area contributed by atoms with Gasteiger partial charge in [-0.3, -0.25) is 9.89 Å². The molecule has 96 valence electrons. The summed E-state index contributed by atoms with van der Waals surface area (Å²) >= 11 is 1.58. The van der Waals surface area contributed by atoms with Crippen LogP contribution in [-0.4, -0.2) is 19.6 Å². The van der Waals surface area contributed by atoms with Gasteiger partial charge in [0.25, 0.3) is 11.3 Å². The van der Waals surface area contributed by atoms with Gasteiger partial charge in [0.2, 0.25) is 0 Å². The molecular formula is C12H11N5OS. The minimum atomic E-state index is -0.161. The number of aromatic nitrogens is 4. The van der Waals surface area contributed by atoms with Gasteiger partial charge in [0.05, 0.1) is 5.69 Å². The van der Waals surface area contributed by atoms with Crippen LogP contribution in [-0.2, 0) is 5.75 Å². The molecule has 0 spiro atoms. The van der Waals surface area contributed by atoms with Gasteiger partial charge in [0.1, 0.15) is 6.33 Å². The summed E-state index contributed by atoms with van der Waals surface area (Å²) in [5.74, 6) is 0.984. The zero-order valence-electron chi connectivity index (χ0n) is 9.91. The third-order valence-corrected chi connectivity index (χ3v) is 3.59. The van der Waals surface area contributed by atoms with E-state index in [-0.39, 0.29) is 5.56 Å². The number of H-pyrrole nitrogens is 1. The standard InChI is InChI=1S/C12H11N5OS/c13-8-2-1-3-10(4-8)19-6-9-5-11(18)17-12(16-9)14-7-15-17/h1-5,7H,6,13H2,(H,14,15,16). The zero-order chi connectivity index (χ0) is 13.2. The van der Waals surface area contributed by atoms with Crippen LogP contribution in [0.4, 0.5) is 5.69 Å². The van der Waals surface area contributed by atoms with Gasteiger partial charge in [-0.15, -0.1) is 11.8 Å². The van der Waals surface area contributed by atoms with Crippen LogP contribution in [0.2, 0.25) is 0 Å². The maximum atomic E-state index is 11.7. The summed E-state index contributed by atoms with van der Waals surface area (Å²) in [6.45, 7) is 0. The van der Waals surface area contributed by atoms with E-state index in [9.17, 15) is 4.79 Å². The molecule has 0 unspecified atom stereocenters. The fourth-order valence-electron chi connectivity index (χ4n) is 1.70. The number of fused-ring (bicyclic) bond motifs is 1. The minimum Gasteiger partial charge on any atom is -0.399 e. The molecule has 0 aliphatic rings. The average Bonchev–Trinajstić information content (AvgIpc) is 2.85. The van der Waals surface area contributed by atoms with Crippen molar-refractivity contribution < 1.29 is 0 Å². The van der Waals surface area contributed by atoms with Crippen molar-refractivity contribution in [1.29, 1.82) is 0 Å². The number of nitrogen functional groups attached to an aromatic ring is 1. The van der Waals surface area contributed by atoms with E-state index in [0.29, 0.717) is 17.2 Å². The third kappa shape index (κ3) is 2.45. The van der Waals surface area contributed by atoms with Gasteiger partial charge in [-0.1, -0.05) is 6.07 Å². The molecule has 3 N–H and O–H groups in total. The van der Waals surface area contributed by atoms with E-state index in [4.69, 9.17) is 5.73 Å². The highest BCUT2D eigenvalue weighted by molar-refractivity contribution is 7.98. The Morgan fingerprint density at radius 1 is 1.37 bits per heavy atom. The van der Waals surface area contributed by atoms with E-state index in [0.717, 1.165) is 10.6 Å². The topological polar surface area (TPSA) is 89.1 Å². The Balaban J connectivity index is 1.83. The lowest BCUT2D eigenvalue weighted by Gasteiger charge is -2.02. The molecule has 3 rings (SSSR count). The Kier molecular flexibility index (Phi) is 2.96. The number of anilines is 1. The van der Waals surface area contributed by atoms with Gasteiger partial charge in [0, 0.05) is 22.4 Å². The van der Waals surface area contributed by atoms with E-state index in [1.54, 1.807) is 11.8 Å². The molecule has 0 atom stereocenters. The van der Waals surface area contributed by atoms with Crippen LogP contribution < -0.4 is 11.3 Å². The molecule has 2 aromatic heterocycles. The van der Waals surface area contributed by atoms with Crippen LogP contribution in [0.3, 0.4) is 0 Å². The number of benzene rings is 1. The number of aromatic amines is 1. The summed E-state index contributed by atoms with van der Waals surface area (Å²) in [5, 5.41) is 2.70. The van der Waals surface area contributed by atoms with Crippen molar-refractivity contribution in [2.45, 2.75) is 10.6 Å². The van der Waals surface area contributed by atoms with Crippen molar-refractivity contribution in [3.05, 3.63) is 52.7 Å². The van der Waals surface area contributed by atoms with Crippen molar-refractivity contribution in [2.75, 3.05) is 5.73 Å². The minimum absolute atomic E-state index is 0.161. The number of thioether (sulfide) groups is 1. The third-order valence-electron chi connectivity index (χ3n) is 2.57. The summed E-state index contributed by atoms with van der Waals surface area (Å²) in [4.78, 5) is 21.1. The Morgan fingerprint density at radius 3 is 3.11 bits per heavy atom. The molecule has 1 aromatic carbocycles. The maximum absolute atomic E-state index is 11.7. The van der Waals surface area contributed by atoms with Crippen LogP contribution in [0.15, 0.2) is 46.3 Å². The molecule has 6 nitrogen and oxygen atoms in total. The summed E-state index contributed by atoms with van der Waals surface area (Å²) in [5.41, 5.74) is 6.98. The van der Waals surface area contributed by atoms with E-state index < -0.39 is 0 Å². The van der Waals surface area contributed by atoms with E-state index in [1.807, 2.05) is 24.3 Å². The second kappa shape index (κ2) is 4.77. The molecule has 3 aromatic rings. The monoisotopic (exact) mass is 273 g/mol. The van der Waals surface area contributed by atoms with Crippen LogP contribution >= 0.6 is 11.8 Å². The highest BCUT2D eigenvalue weighted by Crippen LogP contribution is 2.23. The predicted molar refractivity (Wildman–Crippen MR) is 74.0 cm³/mol. The molecular weight excluding hydrogens is 262 g/mol. The number of nitrogens with one attached hydrogen (secondary N) is 1. The summed E-state index contributed by atoms with van der Waals surface area (Å²) < 4.78 is 1.30. The quantitative estimate of drug-likeness (QED) is 0.554. The van der Waals surface area contributed by atoms with Crippen molar-refractivity contribution in [1.82, 2.24) is 19.6 Å². The van der Waals surface area contributed by atoms with Gasteiger partial charge >= 0.3 is 0 Å². The maximum Gasteiger partial charge on any atom is 0.274 e. The lowest BCUT2D eigenvalue weighted by Crippen LogP contribution is -2.15. The van der Waals surface area contributed by atoms with Crippen LogP contribution in [0.1, 0.15) is 5.69 Å². The highest BCUT2D eigenvalue weighted by atomic mass is 32.2. The van der Waals surface area contributed by atoms with E-state index in [2.05, 4.69) is 15.1 Å². The number of nitrogens with zero attached hydrogens (tertiary/aromatic N) is 3. The van der Waals surface area contributed by atoms with Crippen molar-refractivity contribution in [3.8, 4) is 0 Å². The van der Waals surface area contributed by atoms with E-state index in [1.165, 1.54) is 16.9 Å². The lowest BCUT2D eigenvalue weighted by molar-refractivity contribution is 0.887. The summed E-state index contributed by atoms with van der Waals surface area (Å²) in [6.07, 6.45) is 1.44. The number of hydrogen-bond donors (Lipinski definition) is 2. The molecule has 19 heavy (non-hydrogen) atoms. The second-order valence-electron chi connectivity index (χ2n) is 3.97. The van der Waals surface area contributed by atoms with E-state index >= 15 is 0 Å². The predicted octanol–water partition coefficient (Wildman–Crippen LogP) is 1.29. The smallest absolute Gasteiger partial charge is 0.274 e. The summed E-state index contributed by atoms with van der Waals surface area (Å²) in [6, 6.07) is 9.11. The first-order valence-electron chi connectivity index (χ1n) is 5.63. The van der Waals surface area contributed by atoms with Crippen molar-refractivity contribution in [2.24, 2.45) is 0 Å². The molecule has 0 saturated carbocycles. The first-order valence-corrected chi connectivity index (χ1v) is 6.61. The van der Waals surface area contributed by atoms with Gasteiger partial charge < -0.3 is 5.73 Å². The fourth-order valence-corrected chi connectivity index (χ4v) is 2.56.